The topological polar surface area (TPSA) is 104 Å². The van der Waals surface area contributed by atoms with Crippen LogP contribution in [-0.4, -0.2) is 46.6 Å². The van der Waals surface area contributed by atoms with Crippen molar-refractivity contribution in [2.75, 3.05) is 13.1 Å². The highest BCUT2D eigenvalue weighted by atomic mass is 16.5. The van der Waals surface area contributed by atoms with Gasteiger partial charge in [-0.25, -0.2) is 9.59 Å². The Morgan fingerprint density at radius 2 is 2.14 bits per heavy atom. The number of unbranched alkanes of at least 4 members (excludes halogenated alkanes) is 1. The fourth-order valence-electron chi connectivity index (χ4n) is 3.10. The Hall–Kier alpha value is -3.08. The van der Waals surface area contributed by atoms with Crippen LogP contribution in [-0.2, 0) is 20.9 Å². The molecule has 8 heteroatoms. The number of hydrogen-bond donors (Lipinski definition) is 1. The Morgan fingerprint density at radius 1 is 1.43 bits per heavy atom. The number of nitrogens with one attached hydrogen (secondary N) is 1. The number of esters is 1. The Balaban J connectivity index is 2.14. The lowest BCUT2D eigenvalue weighted by molar-refractivity contribution is -0.153. The molecule has 1 aromatic heterocycles. The summed E-state index contributed by atoms with van der Waals surface area (Å²) in [6, 6.07) is 3.25. The minimum absolute atomic E-state index is 0.193. The quantitative estimate of drug-likeness (QED) is 0.440. The van der Waals surface area contributed by atoms with Crippen LogP contribution < -0.4 is 5.32 Å². The zero-order valence-corrected chi connectivity index (χ0v) is 16.7. The van der Waals surface area contributed by atoms with Crippen LogP contribution in [0.4, 0.5) is 4.79 Å². The molecule has 150 valence electrons. The number of urea groups is 1. The Bertz CT molecular complexity index is 847. The molecule has 1 aliphatic heterocycles. The number of rotatable bonds is 7. The van der Waals surface area contributed by atoms with Gasteiger partial charge in [-0.15, -0.1) is 0 Å². The van der Waals surface area contributed by atoms with Crippen molar-refractivity contribution in [3.63, 3.8) is 0 Å². The number of imide groups is 1. The zero-order valence-electron chi connectivity index (χ0n) is 16.7. The summed E-state index contributed by atoms with van der Waals surface area (Å²) >= 11 is 0. The molecule has 1 aliphatic rings. The van der Waals surface area contributed by atoms with E-state index in [1.807, 2.05) is 26.0 Å². The van der Waals surface area contributed by atoms with E-state index in [0.29, 0.717) is 6.54 Å². The van der Waals surface area contributed by atoms with Crippen molar-refractivity contribution in [3.8, 4) is 6.07 Å². The minimum atomic E-state index is -1.16. The minimum Gasteiger partial charge on any atom is -0.448 e. The van der Waals surface area contributed by atoms with Crippen molar-refractivity contribution < 1.29 is 19.1 Å². The van der Waals surface area contributed by atoms with Gasteiger partial charge in [0, 0.05) is 31.0 Å². The molecule has 0 bridgehead atoms. The molecule has 3 amide bonds. The van der Waals surface area contributed by atoms with Crippen LogP contribution in [0.1, 0.15) is 43.6 Å². The van der Waals surface area contributed by atoms with Gasteiger partial charge in [0.15, 0.2) is 6.10 Å². The maximum absolute atomic E-state index is 12.4. The zero-order chi connectivity index (χ0) is 20.8. The number of ether oxygens (including phenoxy) is 1. The number of aromatic nitrogens is 1. The third-order valence-corrected chi connectivity index (χ3v) is 4.74. The molecule has 2 heterocycles. The van der Waals surface area contributed by atoms with Gasteiger partial charge in [-0.2, -0.15) is 5.26 Å². The Morgan fingerprint density at radius 3 is 2.71 bits per heavy atom. The van der Waals surface area contributed by atoms with E-state index in [1.165, 1.54) is 13.0 Å². The van der Waals surface area contributed by atoms with E-state index < -0.39 is 24.0 Å². The molecule has 0 aliphatic carbocycles. The lowest BCUT2D eigenvalue weighted by atomic mass is 10.1. The lowest BCUT2D eigenvalue weighted by Crippen LogP contribution is -2.41. The molecular formula is C20H26N4O4. The van der Waals surface area contributed by atoms with Crippen LogP contribution in [0.3, 0.4) is 0 Å². The van der Waals surface area contributed by atoms with Crippen LogP contribution >= 0.6 is 0 Å². The first-order valence-corrected chi connectivity index (χ1v) is 9.38. The average Bonchev–Trinajstić information content (AvgIpc) is 3.20. The van der Waals surface area contributed by atoms with E-state index >= 15 is 0 Å². The monoisotopic (exact) mass is 386 g/mol. The lowest BCUT2D eigenvalue weighted by Gasteiger charge is -2.17. The first kappa shape index (κ1) is 21.2. The van der Waals surface area contributed by atoms with Crippen molar-refractivity contribution in [2.45, 2.75) is 53.2 Å². The van der Waals surface area contributed by atoms with E-state index in [-0.39, 0.29) is 12.1 Å². The fourth-order valence-corrected chi connectivity index (χ4v) is 3.10. The third kappa shape index (κ3) is 4.60. The van der Waals surface area contributed by atoms with Crippen LogP contribution in [0, 0.1) is 25.2 Å². The van der Waals surface area contributed by atoms with E-state index in [2.05, 4.69) is 16.8 Å². The van der Waals surface area contributed by atoms with Gasteiger partial charge >= 0.3 is 12.0 Å². The average molecular weight is 386 g/mol. The molecule has 1 atom stereocenters. The number of nitrogens with zero attached hydrogens (tertiary/aromatic N) is 3. The second kappa shape index (κ2) is 9.22. The van der Waals surface area contributed by atoms with Gasteiger partial charge < -0.3 is 14.6 Å². The summed E-state index contributed by atoms with van der Waals surface area (Å²) in [5.41, 5.74) is 2.58. The van der Waals surface area contributed by atoms with E-state index in [4.69, 9.17) is 4.74 Å². The first-order valence-electron chi connectivity index (χ1n) is 9.38. The van der Waals surface area contributed by atoms with Crippen molar-refractivity contribution in [1.29, 1.82) is 5.26 Å². The predicted molar refractivity (Wildman–Crippen MR) is 103 cm³/mol. The van der Waals surface area contributed by atoms with Crippen LogP contribution in [0.15, 0.2) is 11.6 Å². The summed E-state index contributed by atoms with van der Waals surface area (Å²) in [6.45, 7) is 8.88. The van der Waals surface area contributed by atoms with Gasteiger partial charge in [0.25, 0.3) is 5.91 Å². The predicted octanol–water partition coefficient (Wildman–Crippen LogP) is 2.30. The Kier molecular flexibility index (Phi) is 6.99. The maximum atomic E-state index is 12.4. The van der Waals surface area contributed by atoms with Gasteiger partial charge in [0.05, 0.1) is 0 Å². The first-order chi connectivity index (χ1) is 13.3. The molecular weight excluding hydrogens is 360 g/mol. The molecule has 1 saturated heterocycles. The summed E-state index contributed by atoms with van der Waals surface area (Å²) < 4.78 is 7.28. The molecule has 2 rings (SSSR count). The molecule has 8 nitrogen and oxygen atoms in total. The van der Waals surface area contributed by atoms with Crippen LogP contribution in [0.25, 0.3) is 6.08 Å². The number of carbonyl (C=O) groups is 3. The third-order valence-electron chi connectivity index (χ3n) is 4.74. The molecule has 0 spiro atoms. The van der Waals surface area contributed by atoms with Gasteiger partial charge in [-0.1, -0.05) is 13.3 Å². The van der Waals surface area contributed by atoms with Gasteiger partial charge in [0.1, 0.15) is 11.6 Å². The highest BCUT2D eigenvalue weighted by Gasteiger charge is 2.32. The van der Waals surface area contributed by atoms with E-state index in [9.17, 15) is 19.6 Å². The second-order valence-corrected chi connectivity index (χ2v) is 6.77. The van der Waals surface area contributed by atoms with Crippen LogP contribution in [0.5, 0.6) is 0 Å². The maximum Gasteiger partial charge on any atom is 0.349 e. The summed E-state index contributed by atoms with van der Waals surface area (Å²) in [4.78, 5) is 37.2. The highest BCUT2D eigenvalue weighted by Crippen LogP contribution is 2.20. The molecule has 28 heavy (non-hydrogen) atoms. The normalized spacial score (nSPS) is 15.2. The van der Waals surface area contributed by atoms with Crippen molar-refractivity contribution in [3.05, 3.63) is 28.6 Å². The molecule has 0 radical (unpaired) electrons. The van der Waals surface area contributed by atoms with Crippen molar-refractivity contribution in [1.82, 2.24) is 14.8 Å². The number of aryl methyl sites for hydroxylation is 1. The van der Waals surface area contributed by atoms with Gasteiger partial charge in [-0.3, -0.25) is 9.69 Å². The number of hydrogen-bond acceptors (Lipinski definition) is 5. The SMILES string of the molecule is CCCCn1c(C)cc(/C=C(\C#N)C(=O)O[C@H](C)C(=O)N2CCNC2=O)c1C. The molecule has 1 aromatic rings. The molecule has 1 N–H and O–H groups in total. The molecule has 0 aromatic carbocycles. The number of nitriles is 1. The van der Waals surface area contributed by atoms with Crippen molar-refractivity contribution >= 4 is 24.0 Å². The second-order valence-electron chi connectivity index (χ2n) is 6.77. The standard InChI is InChI=1S/C20H26N4O4/c1-5-6-8-23-13(2)10-16(14(23)3)11-17(12-21)19(26)28-15(4)18(25)24-9-7-22-20(24)27/h10-11,15H,5-9H2,1-4H3,(H,22,27)/b17-11+/t15-/m1/s1. The van der Waals surface area contributed by atoms with Gasteiger partial charge in [-0.05, 0) is 44.9 Å². The largest absolute Gasteiger partial charge is 0.448 e. The van der Waals surface area contributed by atoms with Crippen molar-refractivity contribution in [2.24, 2.45) is 0 Å². The summed E-state index contributed by atoms with van der Waals surface area (Å²) in [7, 11) is 0. The van der Waals surface area contributed by atoms with E-state index in [0.717, 1.165) is 41.2 Å². The van der Waals surface area contributed by atoms with Gasteiger partial charge in [0.2, 0.25) is 0 Å². The van der Waals surface area contributed by atoms with Crippen LogP contribution in [0.2, 0.25) is 0 Å². The van der Waals surface area contributed by atoms with E-state index in [1.54, 1.807) is 0 Å². The number of carbonyl (C=O) groups excluding carboxylic acids is 3. The molecule has 0 saturated carbocycles. The molecule has 1 fully saturated rings. The number of amides is 3. The highest BCUT2D eigenvalue weighted by molar-refractivity contribution is 6.02. The summed E-state index contributed by atoms with van der Waals surface area (Å²) in [5, 5.41) is 11.9. The summed E-state index contributed by atoms with van der Waals surface area (Å²) in [5.74, 6) is -1.50. The fraction of sp³-hybridized carbons (Fsp3) is 0.500. The molecule has 0 unspecified atom stereocenters. The smallest absolute Gasteiger partial charge is 0.349 e. The summed E-state index contributed by atoms with van der Waals surface area (Å²) in [6.07, 6.45) is 2.42. The Labute approximate surface area is 164 Å².